The lowest BCUT2D eigenvalue weighted by Gasteiger charge is -2.42. The molecule has 0 saturated carbocycles. The smallest absolute Gasteiger partial charge is 0.323 e. The highest BCUT2D eigenvalue weighted by molar-refractivity contribution is 5.77. The first-order valence-corrected chi connectivity index (χ1v) is 7.48. The van der Waals surface area contributed by atoms with Gasteiger partial charge in [-0.05, 0) is 13.3 Å². The maximum Gasteiger partial charge on any atom is 0.323 e. The number of rotatable bonds is 6. The molecule has 0 unspecified atom stereocenters. The van der Waals surface area contributed by atoms with Gasteiger partial charge in [0.2, 0.25) is 0 Å². The van der Waals surface area contributed by atoms with E-state index in [4.69, 9.17) is 9.47 Å². The fourth-order valence-electron chi connectivity index (χ4n) is 3.02. The standard InChI is InChI=1S/C14H26N2O3/c1-3-12-11-16(13-5-9-19-14(13)17)7-6-15(12)8-10-18-4-2/h12-13H,3-11H2,1-2H3/t12-,13+/m1/s1. The van der Waals surface area contributed by atoms with E-state index >= 15 is 0 Å². The van der Waals surface area contributed by atoms with E-state index in [1.54, 1.807) is 0 Å². The first-order chi connectivity index (χ1) is 9.26. The fourth-order valence-corrected chi connectivity index (χ4v) is 3.02. The summed E-state index contributed by atoms with van der Waals surface area (Å²) in [7, 11) is 0. The molecule has 0 aliphatic carbocycles. The molecule has 0 radical (unpaired) electrons. The molecule has 2 saturated heterocycles. The van der Waals surface area contributed by atoms with Gasteiger partial charge in [-0.3, -0.25) is 14.6 Å². The van der Waals surface area contributed by atoms with Crippen LogP contribution >= 0.6 is 0 Å². The van der Waals surface area contributed by atoms with Crippen LogP contribution in [0.2, 0.25) is 0 Å². The molecule has 0 aromatic carbocycles. The number of ether oxygens (including phenoxy) is 2. The summed E-state index contributed by atoms with van der Waals surface area (Å²) in [6.45, 7) is 10.4. The molecule has 0 aromatic heterocycles. The monoisotopic (exact) mass is 270 g/mol. The molecule has 2 fully saturated rings. The highest BCUT2D eigenvalue weighted by Gasteiger charge is 2.36. The van der Waals surface area contributed by atoms with Gasteiger partial charge >= 0.3 is 5.97 Å². The predicted molar refractivity (Wildman–Crippen MR) is 73.1 cm³/mol. The quantitative estimate of drug-likeness (QED) is 0.526. The number of hydrogen-bond acceptors (Lipinski definition) is 5. The summed E-state index contributed by atoms with van der Waals surface area (Å²) < 4.78 is 10.5. The number of nitrogens with zero attached hydrogens (tertiary/aromatic N) is 2. The van der Waals surface area contributed by atoms with Gasteiger partial charge in [0.25, 0.3) is 0 Å². The van der Waals surface area contributed by atoms with Crippen molar-refractivity contribution in [2.75, 3.05) is 46.0 Å². The van der Waals surface area contributed by atoms with Crippen molar-refractivity contribution in [3.05, 3.63) is 0 Å². The van der Waals surface area contributed by atoms with E-state index in [-0.39, 0.29) is 12.0 Å². The van der Waals surface area contributed by atoms with Gasteiger partial charge in [0, 0.05) is 45.2 Å². The predicted octanol–water partition coefficient (Wildman–Crippen LogP) is 0.735. The van der Waals surface area contributed by atoms with Gasteiger partial charge in [0.05, 0.1) is 13.2 Å². The molecule has 0 spiro atoms. The molecule has 19 heavy (non-hydrogen) atoms. The first kappa shape index (κ1) is 14.8. The minimum Gasteiger partial charge on any atom is -0.464 e. The maximum absolute atomic E-state index is 11.7. The van der Waals surface area contributed by atoms with Crippen molar-refractivity contribution >= 4 is 5.97 Å². The second-order valence-corrected chi connectivity index (χ2v) is 5.26. The molecule has 2 rings (SSSR count). The molecule has 110 valence electrons. The highest BCUT2D eigenvalue weighted by atomic mass is 16.5. The maximum atomic E-state index is 11.7. The molecule has 0 aromatic rings. The Labute approximate surface area is 115 Å². The highest BCUT2D eigenvalue weighted by Crippen LogP contribution is 2.20. The van der Waals surface area contributed by atoms with Crippen LogP contribution in [0.4, 0.5) is 0 Å². The van der Waals surface area contributed by atoms with Crippen LogP contribution < -0.4 is 0 Å². The summed E-state index contributed by atoms with van der Waals surface area (Å²) in [4.78, 5) is 16.5. The van der Waals surface area contributed by atoms with Gasteiger partial charge in [-0.15, -0.1) is 0 Å². The Hall–Kier alpha value is -0.650. The third-order valence-corrected chi connectivity index (χ3v) is 4.18. The summed E-state index contributed by atoms with van der Waals surface area (Å²) >= 11 is 0. The van der Waals surface area contributed by atoms with E-state index in [1.165, 1.54) is 0 Å². The molecular formula is C14H26N2O3. The van der Waals surface area contributed by atoms with Gasteiger partial charge in [-0.2, -0.15) is 0 Å². The number of esters is 1. The summed E-state index contributed by atoms with van der Waals surface area (Å²) in [5.74, 6) is -0.0300. The number of cyclic esters (lactones) is 1. The van der Waals surface area contributed by atoms with Gasteiger partial charge in [0.15, 0.2) is 0 Å². The van der Waals surface area contributed by atoms with Crippen LogP contribution in [0.15, 0.2) is 0 Å². The van der Waals surface area contributed by atoms with Gasteiger partial charge in [0.1, 0.15) is 6.04 Å². The molecule has 5 heteroatoms. The Morgan fingerprint density at radius 3 is 2.84 bits per heavy atom. The molecule has 5 nitrogen and oxygen atoms in total. The zero-order chi connectivity index (χ0) is 13.7. The van der Waals surface area contributed by atoms with Gasteiger partial charge < -0.3 is 9.47 Å². The van der Waals surface area contributed by atoms with Crippen molar-refractivity contribution in [2.24, 2.45) is 0 Å². The Morgan fingerprint density at radius 1 is 1.37 bits per heavy atom. The Balaban J connectivity index is 1.84. The first-order valence-electron chi connectivity index (χ1n) is 7.48. The Morgan fingerprint density at radius 2 is 2.21 bits per heavy atom. The lowest BCUT2D eigenvalue weighted by Crippen LogP contribution is -2.57. The normalized spacial score (nSPS) is 29.7. The average molecular weight is 270 g/mol. The molecule has 0 N–H and O–H groups in total. The van der Waals surface area contributed by atoms with Gasteiger partial charge in [-0.25, -0.2) is 0 Å². The Bertz CT molecular complexity index is 298. The summed E-state index contributed by atoms with van der Waals surface area (Å²) in [6.07, 6.45) is 1.97. The molecule has 2 aliphatic heterocycles. The van der Waals surface area contributed by atoms with E-state index in [9.17, 15) is 4.79 Å². The van der Waals surface area contributed by atoms with Crippen LogP contribution in [0.3, 0.4) is 0 Å². The van der Waals surface area contributed by atoms with Crippen molar-refractivity contribution in [1.29, 1.82) is 0 Å². The zero-order valence-electron chi connectivity index (χ0n) is 12.1. The number of carbonyl (C=O) groups is 1. The third-order valence-electron chi connectivity index (χ3n) is 4.18. The molecule has 0 amide bonds. The van der Waals surface area contributed by atoms with Crippen molar-refractivity contribution < 1.29 is 14.3 Å². The Kier molecular flexibility index (Phi) is 5.60. The van der Waals surface area contributed by atoms with Crippen molar-refractivity contribution in [3.8, 4) is 0 Å². The van der Waals surface area contributed by atoms with Crippen LogP contribution in [0.5, 0.6) is 0 Å². The number of carbonyl (C=O) groups excluding carboxylic acids is 1. The van der Waals surface area contributed by atoms with E-state index in [1.807, 2.05) is 6.92 Å². The number of piperazine rings is 1. The summed E-state index contributed by atoms with van der Waals surface area (Å²) in [5.41, 5.74) is 0. The fraction of sp³-hybridized carbons (Fsp3) is 0.929. The van der Waals surface area contributed by atoms with Crippen LogP contribution in [0.1, 0.15) is 26.7 Å². The topological polar surface area (TPSA) is 42.0 Å². The minimum atomic E-state index is -0.0300. The molecule has 2 atom stereocenters. The van der Waals surface area contributed by atoms with Crippen LogP contribution in [0.25, 0.3) is 0 Å². The van der Waals surface area contributed by atoms with E-state index in [0.29, 0.717) is 12.6 Å². The van der Waals surface area contributed by atoms with Crippen molar-refractivity contribution in [2.45, 2.75) is 38.8 Å². The molecular weight excluding hydrogens is 244 g/mol. The lowest BCUT2D eigenvalue weighted by molar-refractivity contribution is -0.143. The number of hydrogen-bond donors (Lipinski definition) is 0. The summed E-state index contributed by atoms with van der Waals surface area (Å²) in [6, 6.07) is 0.533. The zero-order valence-corrected chi connectivity index (χ0v) is 12.1. The molecule has 2 aliphatic rings. The van der Waals surface area contributed by atoms with Crippen LogP contribution in [-0.2, 0) is 14.3 Å². The van der Waals surface area contributed by atoms with Gasteiger partial charge in [-0.1, -0.05) is 6.92 Å². The van der Waals surface area contributed by atoms with Crippen molar-refractivity contribution in [3.63, 3.8) is 0 Å². The SMILES string of the molecule is CCOCCN1CCN([C@H]2CCOC2=O)C[C@H]1CC. The average Bonchev–Trinajstić information content (AvgIpc) is 2.85. The third kappa shape index (κ3) is 3.68. The van der Waals surface area contributed by atoms with Crippen LogP contribution in [-0.4, -0.2) is 73.9 Å². The van der Waals surface area contributed by atoms with E-state index in [2.05, 4.69) is 16.7 Å². The molecule has 0 bridgehead atoms. The summed E-state index contributed by atoms with van der Waals surface area (Å²) in [5, 5.41) is 0. The second kappa shape index (κ2) is 7.22. The van der Waals surface area contributed by atoms with Crippen LogP contribution in [0, 0.1) is 0 Å². The van der Waals surface area contributed by atoms with E-state index in [0.717, 1.165) is 52.2 Å². The largest absolute Gasteiger partial charge is 0.464 e. The lowest BCUT2D eigenvalue weighted by atomic mass is 10.1. The van der Waals surface area contributed by atoms with Crippen molar-refractivity contribution in [1.82, 2.24) is 9.80 Å². The minimum absolute atomic E-state index is 0.00286. The van der Waals surface area contributed by atoms with E-state index < -0.39 is 0 Å². The second-order valence-electron chi connectivity index (χ2n) is 5.26. The molecule has 2 heterocycles.